The Morgan fingerprint density at radius 3 is 2.67 bits per heavy atom. The molecule has 3 nitrogen and oxygen atoms in total. The van der Waals surface area contributed by atoms with Gasteiger partial charge >= 0.3 is 0 Å². The van der Waals surface area contributed by atoms with Crippen LogP contribution in [-0.4, -0.2) is 16.4 Å². The second-order valence-electron chi connectivity index (χ2n) is 2.95. The van der Waals surface area contributed by atoms with Crippen molar-refractivity contribution in [3.05, 3.63) is 23.5 Å². The summed E-state index contributed by atoms with van der Waals surface area (Å²) in [5.74, 6) is 0.264. The van der Waals surface area contributed by atoms with Crippen LogP contribution in [0.15, 0.2) is 12.3 Å². The second kappa shape index (κ2) is 3.34. The molecular formula is C9H11NO2. The van der Waals surface area contributed by atoms with Gasteiger partial charge < -0.3 is 5.11 Å². The van der Waals surface area contributed by atoms with Gasteiger partial charge in [0.15, 0.2) is 6.29 Å². The number of nitrogens with zero attached hydrogens (tertiary/aromatic N) is 1. The number of carbonyl (C=O) groups is 1. The highest BCUT2D eigenvalue weighted by atomic mass is 16.3. The number of aromatic nitrogens is 1. The smallest absolute Gasteiger partial charge is 0.151 e. The van der Waals surface area contributed by atoms with Crippen molar-refractivity contribution in [2.45, 2.75) is 19.8 Å². The third-order valence-electron chi connectivity index (χ3n) is 1.60. The summed E-state index contributed by atoms with van der Waals surface area (Å²) >= 11 is 0. The predicted octanol–water partition coefficient (Wildman–Crippen LogP) is 1.72. The SMILES string of the molecule is CC(C)c1ncc(C=O)cc1O. The van der Waals surface area contributed by atoms with Crippen LogP contribution in [-0.2, 0) is 0 Å². The van der Waals surface area contributed by atoms with Crippen LogP contribution >= 0.6 is 0 Å². The Labute approximate surface area is 71.1 Å². The molecule has 0 atom stereocenters. The lowest BCUT2D eigenvalue weighted by atomic mass is 10.1. The maximum atomic E-state index is 10.3. The van der Waals surface area contributed by atoms with Crippen LogP contribution in [0.2, 0.25) is 0 Å². The largest absolute Gasteiger partial charge is 0.506 e. The van der Waals surface area contributed by atoms with Gasteiger partial charge in [0, 0.05) is 11.8 Å². The molecule has 0 unspecified atom stereocenters. The lowest BCUT2D eigenvalue weighted by molar-refractivity contribution is 0.112. The van der Waals surface area contributed by atoms with E-state index in [0.717, 1.165) is 0 Å². The van der Waals surface area contributed by atoms with E-state index in [1.807, 2.05) is 13.8 Å². The van der Waals surface area contributed by atoms with Gasteiger partial charge in [0.2, 0.25) is 0 Å². The molecule has 0 aromatic carbocycles. The van der Waals surface area contributed by atoms with Crippen LogP contribution in [0, 0.1) is 0 Å². The quantitative estimate of drug-likeness (QED) is 0.679. The number of carbonyl (C=O) groups excluding carboxylic acids is 1. The van der Waals surface area contributed by atoms with Gasteiger partial charge in [0.25, 0.3) is 0 Å². The van der Waals surface area contributed by atoms with E-state index in [0.29, 0.717) is 17.5 Å². The summed E-state index contributed by atoms with van der Waals surface area (Å²) in [5, 5.41) is 9.37. The third-order valence-corrected chi connectivity index (χ3v) is 1.60. The minimum absolute atomic E-state index is 0.0922. The fourth-order valence-corrected chi connectivity index (χ4v) is 0.989. The van der Waals surface area contributed by atoms with Crippen molar-refractivity contribution >= 4 is 6.29 Å². The van der Waals surface area contributed by atoms with Gasteiger partial charge in [-0.25, -0.2) is 0 Å². The van der Waals surface area contributed by atoms with E-state index in [4.69, 9.17) is 0 Å². The normalized spacial score (nSPS) is 10.2. The molecule has 0 spiro atoms. The third kappa shape index (κ3) is 1.61. The Kier molecular flexibility index (Phi) is 2.43. The topological polar surface area (TPSA) is 50.2 Å². The van der Waals surface area contributed by atoms with Crippen LogP contribution in [0.5, 0.6) is 5.75 Å². The van der Waals surface area contributed by atoms with Gasteiger partial charge in [-0.3, -0.25) is 9.78 Å². The van der Waals surface area contributed by atoms with E-state index in [1.54, 1.807) is 0 Å². The molecule has 0 bridgehead atoms. The molecule has 1 N–H and O–H groups in total. The summed E-state index contributed by atoms with van der Waals surface area (Å²) < 4.78 is 0. The summed E-state index contributed by atoms with van der Waals surface area (Å²) in [6.07, 6.45) is 2.12. The summed E-state index contributed by atoms with van der Waals surface area (Å²) in [6, 6.07) is 1.43. The Hall–Kier alpha value is -1.38. The highest BCUT2D eigenvalue weighted by Crippen LogP contribution is 2.22. The molecule has 1 aromatic rings. The van der Waals surface area contributed by atoms with Crippen LogP contribution in [0.3, 0.4) is 0 Å². The summed E-state index contributed by atoms with van der Waals surface area (Å²) in [4.78, 5) is 14.3. The van der Waals surface area contributed by atoms with E-state index in [-0.39, 0.29) is 11.7 Å². The van der Waals surface area contributed by atoms with Crippen LogP contribution in [0.1, 0.15) is 35.8 Å². The average Bonchev–Trinajstić information content (AvgIpc) is 2.03. The first-order valence-electron chi connectivity index (χ1n) is 3.79. The van der Waals surface area contributed by atoms with Gasteiger partial charge in [-0.1, -0.05) is 13.8 Å². The summed E-state index contributed by atoms with van der Waals surface area (Å²) in [5.41, 5.74) is 1.03. The van der Waals surface area contributed by atoms with E-state index >= 15 is 0 Å². The Morgan fingerprint density at radius 1 is 1.58 bits per heavy atom. The first-order chi connectivity index (χ1) is 5.65. The first kappa shape index (κ1) is 8.71. The molecule has 0 aliphatic carbocycles. The number of aldehydes is 1. The van der Waals surface area contributed by atoms with Gasteiger partial charge in [0.1, 0.15) is 5.75 Å². The number of hydrogen-bond acceptors (Lipinski definition) is 3. The molecule has 0 saturated heterocycles. The van der Waals surface area contributed by atoms with Crippen LogP contribution in [0.25, 0.3) is 0 Å². The van der Waals surface area contributed by atoms with E-state index in [1.165, 1.54) is 12.3 Å². The highest BCUT2D eigenvalue weighted by molar-refractivity contribution is 5.74. The molecule has 0 saturated carbocycles. The molecule has 1 rings (SSSR count). The van der Waals surface area contributed by atoms with Crippen molar-refractivity contribution in [3.8, 4) is 5.75 Å². The van der Waals surface area contributed by atoms with E-state index < -0.39 is 0 Å². The van der Waals surface area contributed by atoms with Gasteiger partial charge in [-0.2, -0.15) is 0 Å². The van der Waals surface area contributed by atoms with Gasteiger partial charge in [0.05, 0.1) is 5.69 Å². The minimum atomic E-state index is 0.0922. The number of aromatic hydroxyl groups is 1. The molecule has 0 fully saturated rings. The van der Waals surface area contributed by atoms with Crippen molar-refractivity contribution in [2.24, 2.45) is 0 Å². The average molecular weight is 165 g/mol. The molecule has 1 aromatic heterocycles. The van der Waals surface area contributed by atoms with Crippen molar-refractivity contribution in [1.82, 2.24) is 4.98 Å². The number of rotatable bonds is 2. The Morgan fingerprint density at radius 2 is 2.25 bits per heavy atom. The molecule has 64 valence electrons. The molecule has 0 amide bonds. The van der Waals surface area contributed by atoms with Crippen molar-refractivity contribution in [2.75, 3.05) is 0 Å². The number of pyridine rings is 1. The lowest BCUT2D eigenvalue weighted by Gasteiger charge is -2.06. The van der Waals surface area contributed by atoms with E-state index in [9.17, 15) is 9.90 Å². The van der Waals surface area contributed by atoms with Crippen molar-refractivity contribution in [3.63, 3.8) is 0 Å². The summed E-state index contributed by atoms with van der Waals surface area (Å²) in [6.45, 7) is 3.87. The second-order valence-corrected chi connectivity index (χ2v) is 2.95. The monoisotopic (exact) mass is 165 g/mol. The zero-order valence-corrected chi connectivity index (χ0v) is 7.11. The van der Waals surface area contributed by atoms with Crippen LogP contribution < -0.4 is 0 Å². The summed E-state index contributed by atoms with van der Waals surface area (Å²) in [7, 11) is 0. The molecule has 0 aliphatic heterocycles. The van der Waals surface area contributed by atoms with Crippen LogP contribution in [0.4, 0.5) is 0 Å². The minimum Gasteiger partial charge on any atom is -0.506 e. The van der Waals surface area contributed by atoms with Crippen molar-refractivity contribution < 1.29 is 9.90 Å². The molecule has 12 heavy (non-hydrogen) atoms. The predicted molar refractivity (Wildman–Crippen MR) is 45.4 cm³/mol. The Bertz CT molecular complexity index is 295. The zero-order chi connectivity index (χ0) is 9.14. The fraction of sp³-hybridized carbons (Fsp3) is 0.333. The molecule has 3 heteroatoms. The van der Waals surface area contributed by atoms with Gasteiger partial charge in [-0.15, -0.1) is 0 Å². The lowest BCUT2D eigenvalue weighted by Crippen LogP contribution is -1.94. The molecule has 1 heterocycles. The maximum Gasteiger partial charge on any atom is 0.151 e. The zero-order valence-electron chi connectivity index (χ0n) is 7.11. The van der Waals surface area contributed by atoms with E-state index in [2.05, 4.69) is 4.98 Å². The Balaban J connectivity index is 3.11. The first-order valence-corrected chi connectivity index (χ1v) is 3.79. The fourth-order valence-electron chi connectivity index (χ4n) is 0.989. The molecule has 0 aliphatic rings. The molecule has 0 radical (unpaired) electrons. The van der Waals surface area contributed by atoms with Crippen molar-refractivity contribution in [1.29, 1.82) is 0 Å². The number of hydrogen-bond donors (Lipinski definition) is 1. The maximum absolute atomic E-state index is 10.3. The van der Waals surface area contributed by atoms with Gasteiger partial charge in [-0.05, 0) is 12.0 Å². The standard InChI is InChI=1S/C9H11NO2/c1-6(2)9-8(12)3-7(5-11)4-10-9/h3-6,12H,1-2H3. The molecular weight excluding hydrogens is 154 g/mol. The highest BCUT2D eigenvalue weighted by Gasteiger charge is 2.07.